The number of nitrogens with two attached hydrogens (primary N) is 1. The van der Waals surface area contributed by atoms with Gasteiger partial charge in [0.2, 0.25) is 0 Å². The summed E-state index contributed by atoms with van der Waals surface area (Å²) in [6, 6.07) is 2.26. The van der Waals surface area contributed by atoms with Gasteiger partial charge in [0.05, 0.1) is 28.0 Å². The van der Waals surface area contributed by atoms with Crippen molar-refractivity contribution in [2.24, 2.45) is 0 Å². The topological polar surface area (TPSA) is 114 Å². The Hall–Kier alpha value is -3.63. The molecule has 4 saturated heterocycles. The summed E-state index contributed by atoms with van der Waals surface area (Å²) in [5.41, 5.74) is 3.32. The van der Waals surface area contributed by atoms with E-state index in [2.05, 4.69) is 25.2 Å². The van der Waals surface area contributed by atoms with Crippen molar-refractivity contribution < 1.29 is 26.7 Å². The van der Waals surface area contributed by atoms with Gasteiger partial charge < -0.3 is 20.7 Å². The first-order valence-electron chi connectivity index (χ1n) is 15.4. The molecule has 0 radical (unpaired) electrons. The Balaban J connectivity index is 1.34. The lowest BCUT2D eigenvalue weighted by atomic mass is 9.95. The predicted molar refractivity (Wildman–Crippen MR) is 163 cm³/mol. The monoisotopic (exact) mass is 662 g/mol. The first kappa shape index (κ1) is 29.8. The first-order valence-corrected chi connectivity index (χ1v) is 16.2. The molecule has 7 heterocycles. The Morgan fingerprint density at radius 2 is 1.89 bits per heavy atom. The largest absolute Gasteiger partial charge is 0.461 e. The molecule has 0 saturated carbocycles. The van der Waals surface area contributed by atoms with Crippen LogP contribution in [0.4, 0.5) is 32.9 Å². The number of pyridine rings is 1. The van der Waals surface area contributed by atoms with Crippen LogP contribution in [0.5, 0.6) is 6.01 Å². The number of nitrogen functional groups attached to an aromatic ring is 1. The smallest absolute Gasteiger partial charge is 0.319 e. The van der Waals surface area contributed by atoms with Crippen LogP contribution in [-0.2, 0) is 6.54 Å². The Morgan fingerprint density at radius 1 is 1.11 bits per heavy atom. The minimum atomic E-state index is -3.02. The summed E-state index contributed by atoms with van der Waals surface area (Å²) in [6.45, 7) is 0.901. The van der Waals surface area contributed by atoms with Gasteiger partial charge in [0.1, 0.15) is 35.3 Å². The fraction of sp³-hybridized carbons (Fsp3) is 0.533. The van der Waals surface area contributed by atoms with Crippen molar-refractivity contribution in [3.63, 3.8) is 0 Å². The maximum Gasteiger partial charge on any atom is 0.319 e. The number of halogens is 5. The zero-order valence-corrected chi connectivity index (χ0v) is 25.4. The van der Waals surface area contributed by atoms with E-state index >= 15 is 4.39 Å². The molecule has 3 aromatic heterocycles. The van der Waals surface area contributed by atoms with Crippen LogP contribution in [0.25, 0.3) is 32.4 Å². The van der Waals surface area contributed by atoms with Gasteiger partial charge in [-0.15, -0.1) is 0 Å². The third kappa shape index (κ3) is 4.78. The lowest BCUT2D eigenvalue weighted by Crippen LogP contribution is -2.51. The van der Waals surface area contributed by atoms with Gasteiger partial charge in [-0.25, -0.2) is 26.9 Å². The molecule has 8 rings (SSSR count). The van der Waals surface area contributed by atoms with Gasteiger partial charge in [-0.2, -0.15) is 9.97 Å². The van der Waals surface area contributed by atoms with Crippen LogP contribution < -0.4 is 26.2 Å². The number of nitrogens with zero attached hydrogens (tertiary/aromatic N) is 6. The van der Waals surface area contributed by atoms with Crippen LogP contribution in [0.3, 0.4) is 0 Å². The molecule has 16 heteroatoms. The zero-order chi connectivity index (χ0) is 31.9. The summed E-state index contributed by atoms with van der Waals surface area (Å²) in [7, 11) is 0. The summed E-state index contributed by atoms with van der Waals surface area (Å²) in [5, 5.41) is 3.24. The van der Waals surface area contributed by atoms with Crippen LogP contribution in [0.15, 0.2) is 16.9 Å². The standard InChI is InChI=1S/C30H31F5N8O2S/c31-14-8-30(6-1-7-42(30)9-14)13-45-29-39-23-20(26(40-29)41-10-15-2-3-16(11-41)37-15)27(44)43(12-19(33)34)24(21(23)35)17-4-5-18(32)25-22(17)38-28(36)46-25/h4-5,14-16,19,37H,1-3,6-13H2,(H2,36,38)/t14-,15?,16?,30+/m1/s1. The highest BCUT2D eigenvalue weighted by Crippen LogP contribution is 2.41. The number of rotatable bonds is 7. The molecule has 0 spiro atoms. The number of nitrogens with one attached hydrogen (secondary N) is 1. The highest BCUT2D eigenvalue weighted by Gasteiger charge is 2.49. The molecule has 0 amide bonds. The number of fused-ring (bicyclic) bond motifs is 5. The van der Waals surface area contributed by atoms with Crippen LogP contribution in [0.1, 0.15) is 32.1 Å². The van der Waals surface area contributed by atoms with Gasteiger partial charge in [-0.1, -0.05) is 11.3 Å². The lowest BCUT2D eigenvalue weighted by molar-refractivity contribution is 0.107. The quantitative estimate of drug-likeness (QED) is 0.283. The summed E-state index contributed by atoms with van der Waals surface area (Å²) in [6.07, 6.45) is -0.298. The second-order valence-electron chi connectivity index (χ2n) is 12.8. The van der Waals surface area contributed by atoms with Crippen molar-refractivity contribution in [2.45, 2.75) is 68.9 Å². The molecule has 4 aliphatic rings. The number of piperazine rings is 1. The molecule has 0 aliphatic carbocycles. The summed E-state index contributed by atoms with van der Waals surface area (Å²) in [5.74, 6) is -1.66. The zero-order valence-electron chi connectivity index (χ0n) is 24.6. The van der Waals surface area contributed by atoms with Crippen molar-refractivity contribution >= 4 is 43.4 Å². The number of alkyl halides is 3. The van der Waals surface area contributed by atoms with E-state index in [4.69, 9.17) is 10.5 Å². The number of ether oxygens (including phenoxy) is 1. The van der Waals surface area contributed by atoms with Crippen molar-refractivity contribution in [2.75, 3.05) is 43.4 Å². The second kappa shape index (κ2) is 11.0. The van der Waals surface area contributed by atoms with Crippen LogP contribution >= 0.6 is 11.3 Å². The SMILES string of the molecule is Nc1nc2c(-c3c(F)c4nc(OC[C@@]56CCCN5C[C@H](F)C6)nc(N5CC6CCC(C5)N6)c4c(=O)n3CC(F)F)ccc(F)c2s1. The minimum Gasteiger partial charge on any atom is -0.461 e. The molecule has 46 heavy (non-hydrogen) atoms. The van der Waals surface area contributed by atoms with Crippen molar-refractivity contribution in [1.29, 1.82) is 0 Å². The van der Waals surface area contributed by atoms with Crippen molar-refractivity contribution in [3.05, 3.63) is 34.1 Å². The first-order chi connectivity index (χ1) is 22.1. The Labute approximate surface area is 263 Å². The molecule has 4 fully saturated rings. The summed E-state index contributed by atoms with van der Waals surface area (Å²) >= 11 is 0.821. The van der Waals surface area contributed by atoms with Gasteiger partial charge in [0.25, 0.3) is 12.0 Å². The number of anilines is 2. The van der Waals surface area contributed by atoms with Crippen molar-refractivity contribution in [1.82, 2.24) is 29.7 Å². The molecular weight excluding hydrogens is 631 g/mol. The van der Waals surface area contributed by atoms with E-state index < -0.39 is 53.1 Å². The molecular formula is C30H31F5N8O2S. The number of benzene rings is 1. The fourth-order valence-corrected chi connectivity index (χ4v) is 8.69. The Bertz CT molecular complexity index is 1910. The van der Waals surface area contributed by atoms with E-state index in [1.165, 1.54) is 6.07 Å². The molecule has 4 atom stereocenters. The van der Waals surface area contributed by atoms with Gasteiger partial charge in [0, 0.05) is 43.7 Å². The van der Waals surface area contributed by atoms with Gasteiger partial charge >= 0.3 is 6.01 Å². The Morgan fingerprint density at radius 3 is 2.65 bits per heavy atom. The van der Waals surface area contributed by atoms with Gasteiger partial charge in [-0.3, -0.25) is 14.3 Å². The third-order valence-electron chi connectivity index (χ3n) is 9.85. The van der Waals surface area contributed by atoms with Gasteiger partial charge in [0.15, 0.2) is 10.9 Å². The summed E-state index contributed by atoms with van der Waals surface area (Å²) < 4.78 is 81.0. The number of thiazole rings is 1. The lowest BCUT2D eigenvalue weighted by Gasteiger charge is -2.34. The molecule has 1 aromatic carbocycles. The van der Waals surface area contributed by atoms with E-state index in [0.29, 0.717) is 30.6 Å². The van der Waals surface area contributed by atoms with Crippen LogP contribution in [0.2, 0.25) is 0 Å². The molecule has 2 bridgehead atoms. The molecule has 4 aromatic rings. The molecule has 2 unspecified atom stereocenters. The predicted octanol–water partition coefficient (Wildman–Crippen LogP) is 4.09. The van der Waals surface area contributed by atoms with E-state index in [0.717, 1.165) is 49.6 Å². The molecule has 3 N–H and O–H groups in total. The molecule has 4 aliphatic heterocycles. The number of aromatic nitrogens is 4. The maximum absolute atomic E-state index is 17.0. The van der Waals surface area contributed by atoms with Gasteiger partial charge in [-0.05, 0) is 44.4 Å². The normalized spacial score (nSPS) is 26.2. The molecule has 10 nitrogen and oxygen atoms in total. The van der Waals surface area contributed by atoms with E-state index in [9.17, 15) is 22.4 Å². The van der Waals surface area contributed by atoms with E-state index in [1.54, 1.807) is 0 Å². The van der Waals surface area contributed by atoms with Crippen molar-refractivity contribution in [3.8, 4) is 17.3 Å². The van der Waals surface area contributed by atoms with E-state index in [-0.39, 0.29) is 56.8 Å². The highest BCUT2D eigenvalue weighted by atomic mass is 32.1. The Kier molecular flexibility index (Phi) is 7.10. The number of hydrogen-bond donors (Lipinski definition) is 2. The third-order valence-corrected chi connectivity index (χ3v) is 10.7. The second-order valence-corrected chi connectivity index (χ2v) is 13.8. The average Bonchev–Trinajstić information content (AvgIpc) is 3.76. The maximum atomic E-state index is 17.0. The van der Waals surface area contributed by atoms with Crippen LogP contribution in [0, 0.1) is 11.6 Å². The van der Waals surface area contributed by atoms with E-state index in [1.807, 2.05) is 4.90 Å². The van der Waals surface area contributed by atoms with Crippen LogP contribution in [-0.4, -0.2) is 87.4 Å². The number of hydrogen-bond acceptors (Lipinski definition) is 10. The molecule has 244 valence electrons. The summed E-state index contributed by atoms with van der Waals surface area (Å²) in [4.78, 5) is 31.3. The fourth-order valence-electron chi connectivity index (χ4n) is 7.92. The average molecular weight is 663 g/mol. The minimum absolute atomic E-state index is 0.00246. The highest BCUT2D eigenvalue weighted by molar-refractivity contribution is 7.22.